The van der Waals surface area contributed by atoms with Crippen molar-refractivity contribution in [1.29, 1.82) is 0 Å². The molecule has 0 aliphatic carbocycles. The summed E-state index contributed by atoms with van der Waals surface area (Å²) in [4.78, 5) is 21.0. The second-order valence-electron chi connectivity index (χ2n) is 6.00. The molecule has 25 heavy (non-hydrogen) atoms. The van der Waals surface area contributed by atoms with E-state index in [9.17, 15) is 4.79 Å². The highest BCUT2D eigenvalue weighted by Crippen LogP contribution is 2.17. The van der Waals surface area contributed by atoms with Crippen molar-refractivity contribution in [2.24, 2.45) is 0 Å². The van der Waals surface area contributed by atoms with E-state index in [1.807, 2.05) is 61.2 Å². The van der Waals surface area contributed by atoms with E-state index in [-0.39, 0.29) is 6.03 Å². The monoisotopic (exact) mass is 340 g/mol. The van der Waals surface area contributed by atoms with E-state index in [1.165, 1.54) is 0 Å². The lowest BCUT2D eigenvalue weighted by Gasteiger charge is -2.35. The highest BCUT2D eigenvalue weighted by atomic mass is 16.5. The molecule has 2 aromatic rings. The number of nitrogens with zero attached hydrogens (tertiary/aromatic N) is 3. The number of urea groups is 1. The van der Waals surface area contributed by atoms with Crippen LogP contribution in [-0.2, 0) is 0 Å². The molecule has 1 aliphatic rings. The van der Waals surface area contributed by atoms with Crippen molar-refractivity contribution in [3.05, 3.63) is 48.2 Å². The molecule has 1 aromatic carbocycles. The Morgan fingerprint density at radius 3 is 2.48 bits per heavy atom. The summed E-state index contributed by atoms with van der Waals surface area (Å²) in [6, 6.07) is 13.4. The van der Waals surface area contributed by atoms with Gasteiger partial charge < -0.3 is 19.9 Å². The Balaban J connectivity index is 1.53. The maximum atomic E-state index is 12.4. The van der Waals surface area contributed by atoms with Crippen LogP contribution < -0.4 is 15.0 Å². The van der Waals surface area contributed by atoms with Crippen LogP contribution >= 0.6 is 0 Å². The molecule has 1 N–H and O–H groups in total. The van der Waals surface area contributed by atoms with Crippen molar-refractivity contribution in [3.8, 4) is 5.75 Å². The molecule has 0 atom stereocenters. The lowest BCUT2D eigenvalue weighted by Crippen LogP contribution is -2.50. The molecule has 1 aromatic heterocycles. The predicted octanol–water partition coefficient (Wildman–Crippen LogP) is 3.14. The van der Waals surface area contributed by atoms with Crippen molar-refractivity contribution in [2.75, 3.05) is 43.0 Å². The topological polar surface area (TPSA) is 57.7 Å². The summed E-state index contributed by atoms with van der Waals surface area (Å²) in [7, 11) is 0. The van der Waals surface area contributed by atoms with Gasteiger partial charge in [-0.3, -0.25) is 0 Å². The molecule has 132 valence electrons. The van der Waals surface area contributed by atoms with E-state index in [2.05, 4.69) is 15.2 Å². The predicted molar refractivity (Wildman–Crippen MR) is 99.4 cm³/mol. The zero-order valence-electron chi connectivity index (χ0n) is 14.7. The standard InChI is InChI=1S/C19H24N4O2/c1-3-25-17-9-7-16(8-10-17)21-19(24)23-13-11-22(12-14-23)18-6-4-5-15(2)20-18/h4-10H,3,11-14H2,1-2H3,(H,21,24). The Bertz CT molecular complexity index is 710. The lowest BCUT2D eigenvalue weighted by molar-refractivity contribution is 0.208. The number of aromatic nitrogens is 1. The number of pyridine rings is 1. The van der Waals surface area contributed by atoms with Gasteiger partial charge in [-0.2, -0.15) is 0 Å². The maximum Gasteiger partial charge on any atom is 0.321 e. The Kier molecular flexibility index (Phi) is 5.38. The number of carbonyl (C=O) groups excluding carboxylic acids is 1. The van der Waals surface area contributed by atoms with Gasteiger partial charge in [0.2, 0.25) is 0 Å². The van der Waals surface area contributed by atoms with Crippen molar-refractivity contribution in [3.63, 3.8) is 0 Å². The highest BCUT2D eigenvalue weighted by Gasteiger charge is 2.21. The van der Waals surface area contributed by atoms with Crippen LogP contribution in [0.3, 0.4) is 0 Å². The number of nitrogens with one attached hydrogen (secondary N) is 1. The van der Waals surface area contributed by atoms with E-state index < -0.39 is 0 Å². The van der Waals surface area contributed by atoms with Crippen LogP contribution in [0.1, 0.15) is 12.6 Å². The van der Waals surface area contributed by atoms with Crippen LogP contribution in [0.25, 0.3) is 0 Å². The van der Waals surface area contributed by atoms with Crippen LogP contribution in [0.4, 0.5) is 16.3 Å². The third-order valence-corrected chi connectivity index (χ3v) is 4.18. The third kappa shape index (κ3) is 4.41. The van der Waals surface area contributed by atoms with Gasteiger partial charge in [0.1, 0.15) is 11.6 Å². The second kappa shape index (κ2) is 7.88. The second-order valence-corrected chi connectivity index (χ2v) is 6.00. The summed E-state index contributed by atoms with van der Waals surface area (Å²) < 4.78 is 5.41. The van der Waals surface area contributed by atoms with Gasteiger partial charge in [-0.05, 0) is 50.2 Å². The molecule has 0 saturated carbocycles. The molecule has 1 fully saturated rings. The molecule has 6 heteroatoms. The number of ether oxygens (including phenoxy) is 1. The number of benzene rings is 1. The van der Waals surface area contributed by atoms with E-state index in [0.717, 1.165) is 36.0 Å². The van der Waals surface area contributed by atoms with Gasteiger partial charge in [-0.25, -0.2) is 9.78 Å². The van der Waals surface area contributed by atoms with Gasteiger partial charge in [0.05, 0.1) is 6.61 Å². The molecular weight excluding hydrogens is 316 g/mol. The molecule has 0 unspecified atom stereocenters. The first-order valence-corrected chi connectivity index (χ1v) is 8.63. The summed E-state index contributed by atoms with van der Waals surface area (Å²) in [6.45, 7) is 7.49. The summed E-state index contributed by atoms with van der Waals surface area (Å²) in [6.07, 6.45) is 0. The molecule has 3 rings (SSSR count). The summed E-state index contributed by atoms with van der Waals surface area (Å²) in [5, 5.41) is 2.94. The van der Waals surface area contributed by atoms with Gasteiger partial charge in [0.15, 0.2) is 0 Å². The molecule has 0 radical (unpaired) electrons. The van der Waals surface area contributed by atoms with E-state index >= 15 is 0 Å². The normalized spacial score (nSPS) is 14.3. The molecule has 0 bridgehead atoms. The first-order chi connectivity index (χ1) is 12.2. The maximum absolute atomic E-state index is 12.4. The number of rotatable bonds is 4. The number of anilines is 2. The molecule has 1 saturated heterocycles. The number of hydrogen-bond acceptors (Lipinski definition) is 4. The number of carbonyl (C=O) groups is 1. The Labute approximate surface area is 148 Å². The van der Waals surface area contributed by atoms with Gasteiger partial charge in [-0.1, -0.05) is 6.07 Å². The molecule has 0 spiro atoms. The van der Waals surface area contributed by atoms with E-state index in [4.69, 9.17) is 4.74 Å². The minimum atomic E-state index is -0.0685. The van der Waals surface area contributed by atoms with Gasteiger partial charge in [0, 0.05) is 37.6 Å². The zero-order valence-corrected chi connectivity index (χ0v) is 14.7. The van der Waals surface area contributed by atoms with Crippen LogP contribution in [-0.4, -0.2) is 48.7 Å². The fourth-order valence-corrected chi connectivity index (χ4v) is 2.85. The molecule has 2 amide bonds. The number of piperazine rings is 1. The van der Waals surface area contributed by atoms with Crippen molar-refractivity contribution < 1.29 is 9.53 Å². The SMILES string of the molecule is CCOc1ccc(NC(=O)N2CCN(c3cccc(C)n3)CC2)cc1. The van der Waals surface area contributed by atoms with E-state index in [1.54, 1.807) is 0 Å². The molecule has 6 nitrogen and oxygen atoms in total. The van der Waals surface area contributed by atoms with Crippen molar-refractivity contribution >= 4 is 17.5 Å². The Morgan fingerprint density at radius 2 is 1.84 bits per heavy atom. The Morgan fingerprint density at radius 1 is 1.12 bits per heavy atom. The average molecular weight is 340 g/mol. The fraction of sp³-hybridized carbons (Fsp3) is 0.368. The Hall–Kier alpha value is -2.76. The van der Waals surface area contributed by atoms with Gasteiger partial charge in [0.25, 0.3) is 0 Å². The third-order valence-electron chi connectivity index (χ3n) is 4.18. The molecular formula is C19H24N4O2. The van der Waals surface area contributed by atoms with Crippen LogP contribution in [0.2, 0.25) is 0 Å². The fourth-order valence-electron chi connectivity index (χ4n) is 2.85. The number of amides is 2. The van der Waals surface area contributed by atoms with Crippen LogP contribution in [0.5, 0.6) is 5.75 Å². The smallest absolute Gasteiger partial charge is 0.321 e. The highest BCUT2D eigenvalue weighted by molar-refractivity contribution is 5.89. The van der Waals surface area contributed by atoms with Gasteiger partial charge >= 0.3 is 6.03 Å². The summed E-state index contributed by atoms with van der Waals surface area (Å²) in [5.74, 6) is 1.78. The lowest BCUT2D eigenvalue weighted by atomic mass is 10.3. The van der Waals surface area contributed by atoms with E-state index in [0.29, 0.717) is 19.7 Å². The largest absolute Gasteiger partial charge is 0.494 e. The molecule has 1 aliphatic heterocycles. The summed E-state index contributed by atoms with van der Waals surface area (Å²) in [5.41, 5.74) is 1.78. The first-order valence-electron chi connectivity index (χ1n) is 8.63. The minimum Gasteiger partial charge on any atom is -0.494 e. The van der Waals surface area contributed by atoms with Crippen molar-refractivity contribution in [1.82, 2.24) is 9.88 Å². The molecule has 2 heterocycles. The summed E-state index contributed by atoms with van der Waals surface area (Å²) >= 11 is 0. The van der Waals surface area contributed by atoms with Crippen LogP contribution in [0, 0.1) is 6.92 Å². The first kappa shape index (κ1) is 17.1. The average Bonchev–Trinajstić information content (AvgIpc) is 2.64. The van der Waals surface area contributed by atoms with Gasteiger partial charge in [-0.15, -0.1) is 0 Å². The quantitative estimate of drug-likeness (QED) is 0.929. The van der Waals surface area contributed by atoms with Crippen molar-refractivity contribution in [2.45, 2.75) is 13.8 Å². The van der Waals surface area contributed by atoms with Crippen LogP contribution in [0.15, 0.2) is 42.5 Å². The zero-order chi connectivity index (χ0) is 17.6. The number of hydrogen-bond donors (Lipinski definition) is 1. The number of aryl methyl sites for hydroxylation is 1. The minimum absolute atomic E-state index is 0.0685.